The van der Waals surface area contributed by atoms with Crippen molar-refractivity contribution in [2.24, 2.45) is 0 Å². The summed E-state index contributed by atoms with van der Waals surface area (Å²) in [5.41, 5.74) is 0.536. The maximum Gasteiger partial charge on any atom is 0.335 e. The molecule has 0 aliphatic rings. The lowest BCUT2D eigenvalue weighted by atomic mass is 9.96. The van der Waals surface area contributed by atoms with Gasteiger partial charge in [0.1, 0.15) is 0 Å². The van der Waals surface area contributed by atoms with Crippen LogP contribution in [0.15, 0.2) is 18.2 Å². The van der Waals surface area contributed by atoms with Gasteiger partial charge in [0.2, 0.25) is 0 Å². The van der Waals surface area contributed by atoms with Crippen LogP contribution in [0.4, 0.5) is 0 Å². The second-order valence-electron chi connectivity index (χ2n) is 3.94. The molecule has 0 bridgehead atoms. The van der Waals surface area contributed by atoms with Crippen LogP contribution in [0.25, 0.3) is 0 Å². The molecule has 1 aromatic rings. The topological polar surface area (TPSA) is 74.6 Å². The molecule has 0 aromatic heterocycles. The molecule has 0 radical (unpaired) electrons. The smallest absolute Gasteiger partial charge is 0.335 e. The van der Waals surface area contributed by atoms with Crippen LogP contribution >= 0.6 is 11.6 Å². The van der Waals surface area contributed by atoms with Crippen LogP contribution in [0.2, 0.25) is 0 Å². The monoisotopic (exact) mass is 270 g/mol. The molecule has 0 saturated heterocycles. The zero-order valence-corrected chi connectivity index (χ0v) is 10.6. The van der Waals surface area contributed by atoms with E-state index in [0.29, 0.717) is 17.9 Å². The quantitative estimate of drug-likeness (QED) is 0.590. The van der Waals surface area contributed by atoms with Gasteiger partial charge in [-0.15, -0.1) is 11.6 Å². The molecule has 18 heavy (non-hydrogen) atoms. The minimum atomic E-state index is -1.09. The summed E-state index contributed by atoms with van der Waals surface area (Å²) >= 11 is 5.56. The maximum atomic E-state index is 11.1. The molecule has 0 fully saturated rings. The number of hydrogen-bond acceptors (Lipinski definition) is 2. The summed E-state index contributed by atoms with van der Waals surface area (Å²) in [6, 6.07) is 4.33. The average Bonchev–Trinajstić information content (AvgIpc) is 2.34. The molecule has 0 atom stereocenters. The van der Waals surface area contributed by atoms with E-state index < -0.39 is 11.9 Å². The van der Waals surface area contributed by atoms with E-state index in [1.807, 2.05) is 0 Å². The molecule has 0 amide bonds. The largest absolute Gasteiger partial charge is 0.478 e. The van der Waals surface area contributed by atoms with Gasteiger partial charge in [0.25, 0.3) is 0 Å². The summed E-state index contributed by atoms with van der Waals surface area (Å²) in [4.78, 5) is 22.1. The summed E-state index contributed by atoms with van der Waals surface area (Å²) in [7, 11) is 0. The molecule has 5 heteroatoms. The molecule has 0 aliphatic carbocycles. The lowest BCUT2D eigenvalue weighted by molar-refractivity contribution is 0.0695. The third kappa shape index (κ3) is 3.74. The molecule has 0 saturated carbocycles. The van der Waals surface area contributed by atoms with E-state index in [1.54, 1.807) is 0 Å². The van der Waals surface area contributed by atoms with Gasteiger partial charge in [-0.2, -0.15) is 0 Å². The fraction of sp³-hybridized carbons (Fsp3) is 0.385. The van der Waals surface area contributed by atoms with Gasteiger partial charge in [0, 0.05) is 5.88 Å². The third-order valence-corrected chi connectivity index (χ3v) is 2.96. The van der Waals surface area contributed by atoms with Crippen molar-refractivity contribution in [3.05, 3.63) is 34.9 Å². The Morgan fingerprint density at radius 2 is 1.56 bits per heavy atom. The van der Waals surface area contributed by atoms with Gasteiger partial charge in [-0.1, -0.05) is 12.5 Å². The predicted molar refractivity (Wildman–Crippen MR) is 68.6 cm³/mol. The van der Waals surface area contributed by atoms with Crippen LogP contribution < -0.4 is 0 Å². The van der Waals surface area contributed by atoms with Gasteiger partial charge in [0.15, 0.2) is 0 Å². The van der Waals surface area contributed by atoms with Gasteiger partial charge in [-0.3, -0.25) is 0 Å². The SMILES string of the molecule is O=C(O)c1cccc(C(=O)O)c1CCCCCCl. The first-order chi connectivity index (χ1) is 8.57. The minimum absolute atomic E-state index is 0.0702. The van der Waals surface area contributed by atoms with Gasteiger partial charge < -0.3 is 10.2 Å². The first-order valence-electron chi connectivity index (χ1n) is 5.72. The van der Waals surface area contributed by atoms with Crippen LogP contribution in [0.5, 0.6) is 0 Å². The standard InChI is InChI=1S/C13H15ClO4/c14-8-3-1-2-5-9-10(12(15)16)6-4-7-11(9)13(17)18/h4,6-7H,1-3,5,8H2,(H,15,16)(H,17,18). The maximum absolute atomic E-state index is 11.1. The number of rotatable bonds is 7. The van der Waals surface area contributed by atoms with Crippen molar-refractivity contribution < 1.29 is 19.8 Å². The fourth-order valence-corrected chi connectivity index (χ4v) is 2.02. The first kappa shape index (κ1) is 14.5. The van der Waals surface area contributed by atoms with E-state index >= 15 is 0 Å². The number of halogens is 1. The highest BCUT2D eigenvalue weighted by Gasteiger charge is 2.17. The third-order valence-electron chi connectivity index (χ3n) is 2.70. The second-order valence-corrected chi connectivity index (χ2v) is 4.32. The number of aromatic carboxylic acids is 2. The number of unbranched alkanes of at least 4 members (excludes halogenated alkanes) is 2. The Morgan fingerprint density at radius 3 is 2.00 bits per heavy atom. The Kier molecular flexibility index (Phi) is 5.65. The molecule has 0 heterocycles. The van der Waals surface area contributed by atoms with Crippen molar-refractivity contribution in [2.45, 2.75) is 25.7 Å². The number of hydrogen-bond donors (Lipinski definition) is 2. The van der Waals surface area contributed by atoms with E-state index in [4.69, 9.17) is 21.8 Å². The number of alkyl halides is 1. The molecule has 4 nitrogen and oxygen atoms in total. The highest BCUT2D eigenvalue weighted by atomic mass is 35.5. The molecular formula is C13H15ClO4. The van der Waals surface area contributed by atoms with Gasteiger partial charge >= 0.3 is 11.9 Å². The van der Waals surface area contributed by atoms with E-state index in [1.165, 1.54) is 18.2 Å². The molecule has 0 aliphatic heterocycles. The van der Waals surface area contributed by atoms with E-state index in [-0.39, 0.29) is 11.1 Å². The Hall–Kier alpha value is -1.55. The zero-order valence-electron chi connectivity index (χ0n) is 9.86. The van der Waals surface area contributed by atoms with E-state index in [9.17, 15) is 9.59 Å². The molecule has 2 N–H and O–H groups in total. The Labute approximate surface area is 110 Å². The Balaban J connectivity index is 2.96. The summed E-state index contributed by atoms with van der Waals surface area (Å²) in [6.45, 7) is 0. The summed E-state index contributed by atoms with van der Waals surface area (Å²) < 4.78 is 0. The first-order valence-corrected chi connectivity index (χ1v) is 6.25. The minimum Gasteiger partial charge on any atom is -0.478 e. The lowest BCUT2D eigenvalue weighted by Crippen LogP contribution is -2.10. The average molecular weight is 271 g/mol. The molecule has 0 spiro atoms. The fourth-order valence-electron chi connectivity index (χ4n) is 1.83. The van der Waals surface area contributed by atoms with Gasteiger partial charge in [-0.25, -0.2) is 9.59 Å². The van der Waals surface area contributed by atoms with Crippen LogP contribution in [0, 0.1) is 0 Å². The normalized spacial score (nSPS) is 10.3. The summed E-state index contributed by atoms with van der Waals surface area (Å²) in [5.74, 6) is -1.62. The van der Waals surface area contributed by atoms with Crippen LogP contribution in [-0.2, 0) is 6.42 Å². The second kappa shape index (κ2) is 7.01. The Morgan fingerprint density at radius 1 is 1.00 bits per heavy atom. The van der Waals surface area contributed by atoms with Crippen molar-refractivity contribution in [2.75, 3.05) is 5.88 Å². The molecule has 98 valence electrons. The van der Waals surface area contributed by atoms with Crippen molar-refractivity contribution in [1.82, 2.24) is 0 Å². The number of benzene rings is 1. The van der Waals surface area contributed by atoms with Gasteiger partial charge in [-0.05, 0) is 37.0 Å². The van der Waals surface area contributed by atoms with E-state index in [2.05, 4.69) is 0 Å². The van der Waals surface area contributed by atoms with Crippen molar-refractivity contribution in [1.29, 1.82) is 0 Å². The number of carbonyl (C=O) groups is 2. The zero-order chi connectivity index (χ0) is 13.5. The molecular weight excluding hydrogens is 256 g/mol. The van der Waals surface area contributed by atoms with Crippen LogP contribution in [-0.4, -0.2) is 28.0 Å². The molecule has 0 unspecified atom stereocenters. The predicted octanol–water partition coefficient (Wildman–Crippen LogP) is 3.03. The molecule has 1 rings (SSSR count). The highest BCUT2D eigenvalue weighted by Crippen LogP contribution is 2.18. The van der Waals surface area contributed by atoms with Crippen molar-refractivity contribution >= 4 is 23.5 Å². The number of carboxylic acids is 2. The van der Waals surface area contributed by atoms with Crippen LogP contribution in [0.1, 0.15) is 45.5 Å². The molecule has 1 aromatic carbocycles. The van der Waals surface area contributed by atoms with Crippen molar-refractivity contribution in [3.8, 4) is 0 Å². The van der Waals surface area contributed by atoms with Gasteiger partial charge in [0.05, 0.1) is 11.1 Å². The van der Waals surface area contributed by atoms with E-state index in [0.717, 1.165) is 19.3 Å². The summed E-state index contributed by atoms with van der Waals surface area (Å²) in [6.07, 6.45) is 2.88. The number of carboxylic acid groups (broad SMARTS) is 2. The van der Waals surface area contributed by atoms with Crippen LogP contribution in [0.3, 0.4) is 0 Å². The summed E-state index contributed by atoms with van der Waals surface area (Å²) in [5, 5.41) is 18.1. The lowest BCUT2D eigenvalue weighted by Gasteiger charge is -2.09. The highest BCUT2D eigenvalue weighted by molar-refractivity contribution is 6.17. The van der Waals surface area contributed by atoms with Crippen molar-refractivity contribution in [3.63, 3.8) is 0 Å². The Bertz CT molecular complexity index is 410.